The molecule has 3 aromatic carbocycles. The number of carbonyl (C=O) groups excluding carboxylic acids is 1. The Kier molecular flexibility index (Phi) is 9.68. The second-order valence-corrected chi connectivity index (χ2v) is 16.3. The molecule has 9 nitrogen and oxygen atoms in total. The summed E-state index contributed by atoms with van der Waals surface area (Å²) in [5.41, 5.74) is 5.82. The number of carbonyl (C=O) groups is 2. The molecule has 6 rings (SSSR count). The highest BCUT2D eigenvalue weighted by Crippen LogP contribution is 2.44. The summed E-state index contributed by atoms with van der Waals surface area (Å²) in [5.74, 6) is 0.318. The Morgan fingerprint density at radius 3 is 2.34 bits per heavy atom. The van der Waals surface area contributed by atoms with E-state index in [4.69, 9.17) is 9.47 Å². The Balaban J connectivity index is 1.37. The molecule has 0 bridgehead atoms. The summed E-state index contributed by atoms with van der Waals surface area (Å²) >= 11 is 1.74. The van der Waals surface area contributed by atoms with Crippen LogP contribution in [0.25, 0.3) is 22.2 Å². The third-order valence-corrected chi connectivity index (χ3v) is 10.3. The number of hydrogen-bond donors (Lipinski definition) is 1. The van der Waals surface area contributed by atoms with Crippen LogP contribution in [0.4, 0.5) is 5.69 Å². The summed E-state index contributed by atoms with van der Waals surface area (Å²) in [6.07, 6.45) is 1.08. The fraction of sp³-hybridized carbons (Fsp3) is 0.350. The van der Waals surface area contributed by atoms with Crippen molar-refractivity contribution in [3.8, 4) is 22.9 Å². The lowest BCUT2D eigenvalue weighted by atomic mass is 9.88. The van der Waals surface area contributed by atoms with Crippen LogP contribution >= 0.6 is 11.8 Å². The summed E-state index contributed by atoms with van der Waals surface area (Å²) in [6, 6.07) is 25.9. The number of nitrogens with zero attached hydrogens (tertiary/aromatic N) is 4. The molecule has 1 atom stereocenters. The zero-order valence-corrected chi connectivity index (χ0v) is 30.5. The molecule has 5 aromatic rings. The molecule has 0 saturated heterocycles. The number of fused-ring (bicyclic) bond motifs is 2. The molecule has 10 heteroatoms. The van der Waals surface area contributed by atoms with Gasteiger partial charge < -0.3 is 24.0 Å². The standard InChI is InChI=1S/C40H44N4O5S/c1-25(45)44-29(20-28-10-8-9-11-33(28)44)24-49-30-16-18-34-31(21-30)37(50-39(2,3)4)35(22-40(5,6)38(46)47)43(34)23-26-12-14-27(15-13-26)32-17-19-36(48-7)42-41-32/h8-19,21,29H,20,22-24H2,1-7H3,(H,46,47). The molecule has 0 radical (unpaired) electrons. The summed E-state index contributed by atoms with van der Waals surface area (Å²) in [4.78, 5) is 28.0. The minimum Gasteiger partial charge on any atom is -0.491 e. The topological polar surface area (TPSA) is 107 Å². The number of methoxy groups -OCH3 is 1. The van der Waals surface area contributed by atoms with Crippen LogP contribution in [0.15, 0.2) is 83.8 Å². The van der Waals surface area contributed by atoms with Gasteiger partial charge in [0.15, 0.2) is 0 Å². The molecular formula is C40H44N4O5S. The Morgan fingerprint density at radius 2 is 1.70 bits per heavy atom. The van der Waals surface area contributed by atoms with Crippen LogP contribution in [0.5, 0.6) is 11.6 Å². The van der Waals surface area contributed by atoms with Crippen LogP contribution in [0.3, 0.4) is 0 Å². The fourth-order valence-corrected chi connectivity index (χ4v) is 7.66. The number of para-hydroxylation sites is 1. The molecule has 1 aliphatic rings. The highest BCUT2D eigenvalue weighted by Gasteiger charge is 2.34. The third kappa shape index (κ3) is 7.35. The smallest absolute Gasteiger partial charge is 0.309 e. The molecule has 1 N–H and O–H groups in total. The Bertz CT molecular complexity index is 2030. The summed E-state index contributed by atoms with van der Waals surface area (Å²) in [7, 11) is 1.56. The normalized spacial score (nSPS) is 14.5. The van der Waals surface area contributed by atoms with E-state index in [0.29, 0.717) is 31.2 Å². The van der Waals surface area contributed by atoms with Gasteiger partial charge in [0.25, 0.3) is 0 Å². The predicted molar refractivity (Wildman–Crippen MR) is 198 cm³/mol. The van der Waals surface area contributed by atoms with Crippen molar-refractivity contribution >= 4 is 40.2 Å². The molecule has 2 aromatic heterocycles. The molecule has 0 saturated carbocycles. The monoisotopic (exact) mass is 692 g/mol. The summed E-state index contributed by atoms with van der Waals surface area (Å²) in [5, 5.41) is 19.6. The lowest BCUT2D eigenvalue weighted by molar-refractivity contribution is -0.146. The van der Waals surface area contributed by atoms with Gasteiger partial charge >= 0.3 is 5.97 Å². The number of ether oxygens (including phenoxy) is 2. The SMILES string of the molecule is COc1ccc(-c2ccc(Cn3c(CC(C)(C)C(=O)O)c(SC(C)(C)C)c4cc(OCC5Cc6ccccc6N5C(C)=O)ccc43)cc2)nn1. The van der Waals surface area contributed by atoms with E-state index in [2.05, 4.69) is 65.9 Å². The van der Waals surface area contributed by atoms with Gasteiger partial charge in [0.05, 0.1) is 24.3 Å². The van der Waals surface area contributed by atoms with Crippen LogP contribution in [0.2, 0.25) is 0 Å². The van der Waals surface area contributed by atoms with Crippen molar-refractivity contribution in [2.45, 2.75) is 76.6 Å². The molecule has 0 spiro atoms. The largest absolute Gasteiger partial charge is 0.491 e. The third-order valence-electron chi connectivity index (χ3n) is 8.98. The number of carboxylic acid groups (broad SMARTS) is 1. The number of aromatic nitrogens is 3. The summed E-state index contributed by atoms with van der Waals surface area (Å²) in [6.45, 7) is 12.6. The Labute approximate surface area is 297 Å². The van der Waals surface area contributed by atoms with Crippen molar-refractivity contribution in [3.63, 3.8) is 0 Å². The van der Waals surface area contributed by atoms with Crippen molar-refractivity contribution in [2.24, 2.45) is 5.41 Å². The highest BCUT2D eigenvalue weighted by atomic mass is 32.2. The number of hydrogen-bond acceptors (Lipinski definition) is 7. The van der Waals surface area contributed by atoms with Crippen LogP contribution in [0, 0.1) is 5.41 Å². The fourth-order valence-electron chi connectivity index (χ4n) is 6.48. The molecule has 3 heterocycles. The molecule has 1 amide bonds. The van der Waals surface area contributed by atoms with Gasteiger partial charge in [-0.25, -0.2) is 0 Å². The second kappa shape index (κ2) is 13.8. The van der Waals surface area contributed by atoms with Gasteiger partial charge in [-0.2, -0.15) is 0 Å². The average molecular weight is 693 g/mol. The highest BCUT2D eigenvalue weighted by molar-refractivity contribution is 8.00. The first-order chi connectivity index (χ1) is 23.7. The van der Waals surface area contributed by atoms with E-state index < -0.39 is 11.4 Å². The van der Waals surface area contributed by atoms with Crippen LogP contribution < -0.4 is 14.4 Å². The van der Waals surface area contributed by atoms with E-state index in [1.165, 1.54) is 0 Å². The van der Waals surface area contributed by atoms with E-state index in [9.17, 15) is 14.7 Å². The second-order valence-electron chi connectivity index (χ2n) is 14.5. The van der Waals surface area contributed by atoms with Crippen molar-refractivity contribution < 1.29 is 24.2 Å². The van der Waals surface area contributed by atoms with Gasteiger partial charge in [-0.1, -0.05) is 63.2 Å². The maximum Gasteiger partial charge on any atom is 0.309 e. The molecule has 260 valence electrons. The first kappa shape index (κ1) is 35.0. The molecule has 1 unspecified atom stereocenters. The van der Waals surface area contributed by atoms with E-state index >= 15 is 0 Å². The summed E-state index contributed by atoms with van der Waals surface area (Å²) < 4.78 is 13.7. The minimum absolute atomic E-state index is 0.00408. The van der Waals surface area contributed by atoms with Crippen LogP contribution in [0.1, 0.15) is 58.4 Å². The van der Waals surface area contributed by atoms with Gasteiger partial charge in [0.2, 0.25) is 11.8 Å². The van der Waals surface area contributed by atoms with Crippen LogP contribution in [-0.2, 0) is 29.0 Å². The minimum atomic E-state index is -0.997. The number of carboxylic acids is 1. The van der Waals surface area contributed by atoms with Gasteiger partial charge in [0.1, 0.15) is 12.4 Å². The molecule has 50 heavy (non-hydrogen) atoms. The van der Waals surface area contributed by atoms with Crippen molar-refractivity contribution in [3.05, 3.63) is 95.7 Å². The quantitative estimate of drug-likeness (QED) is 0.139. The lowest BCUT2D eigenvalue weighted by Gasteiger charge is -2.24. The van der Waals surface area contributed by atoms with Gasteiger partial charge in [-0.05, 0) is 61.7 Å². The number of thioether (sulfide) groups is 1. The average Bonchev–Trinajstić information content (AvgIpc) is 3.58. The van der Waals surface area contributed by atoms with Gasteiger partial charge in [0, 0.05) is 63.4 Å². The van der Waals surface area contributed by atoms with Crippen LogP contribution in [-0.4, -0.2) is 56.3 Å². The van der Waals surface area contributed by atoms with Gasteiger partial charge in [-0.3, -0.25) is 9.59 Å². The van der Waals surface area contributed by atoms with E-state index in [1.54, 1.807) is 45.7 Å². The number of amides is 1. The maximum atomic E-state index is 12.7. The Morgan fingerprint density at radius 1 is 0.960 bits per heavy atom. The maximum absolute atomic E-state index is 12.7. The van der Waals surface area contributed by atoms with Crippen molar-refractivity contribution in [1.82, 2.24) is 14.8 Å². The van der Waals surface area contributed by atoms with Crippen molar-refractivity contribution in [1.29, 1.82) is 0 Å². The first-order valence-corrected chi connectivity index (χ1v) is 17.6. The Hall–Kier alpha value is -4.83. The number of rotatable bonds is 11. The number of aliphatic carboxylic acids is 1. The van der Waals surface area contributed by atoms with Gasteiger partial charge in [-0.15, -0.1) is 22.0 Å². The van der Waals surface area contributed by atoms with E-state index in [1.807, 2.05) is 47.4 Å². The molecule has 0 aliphatic carbocycles. The first-order valence-electron chi connectivity index (χ1n) is 16.8. The van der Waals surface area contributed by atoms with E-state index in [0.717, 1.165) is 56.0 Å². The van der Waals surface area contributed by atoms with E-state index in [-0.39, 0.29) is 16.7 Å². The zero-order chi connectivity index (χ0) is 35.8. The zero-order valence-electron chi connectivity index (χ0n) is 29.7. The lowest BCUT2D eigenvalue weighted by Crippen LogP contribution is -2.40. The number of anilines is 1. The predicted octanol–water partition coefficient (Wildman–Crippen LogP) is 8.06. The van der Waals surface area contributed by atoms with Crippen molar-refractivity contribution in [2.75, 3.05) is 18.6 Å². The molecule has 0 fully saturated rings. The number of benzene rings is 3. The molecule has 1 aliphatic heterocycles. The molecular weight excluding hydrogens is 649 g/mol.